The molecule has 2 amide bonds. The van der Waals surface area contributed by atoms with Crippen LogP contribution in [0.15, 0.2) is 40.9 Å². The summed E-state index contributed by atoms with van der Waals surface area (Å²) in [6.07, 6.45) is 8.90. The van der Waals surface area contributed by atoms with E-state index in [0.29, 0.717) is 18.4 Å². The topological polar surface area (TPSA) is 61.4 Å². The van der Waals surface area contributed by atoms with Crippen molar-refractivity contribution in [2.45, 2.75) is 32.6 Å². The molecule has 1 aromatic rings. The zero-order valence-electron chi connectivity index (χ0n) is 18.1. The molecule has 0 aromatic heterocycles. The largest absolute Gasteiger partial charge is 0.356 e. The maximum Gasteiger partial charge on any atom is 0.228 e. The van der Waals surface area contributed by atoms with Crippen molar-refractivity contribution in [1.82, 2.24) is 10.2 Å². The molecule has 2 N–H and O–H groups in total. The van der Waals surface area contributed by atoms with E-state index in [1.165, 1.54) is 12.8 Å². The molecule has 4 atom stereocenters. The van der Waals surface area contributed by atoms with E-state index in [9.17, 15) is 9.59 Å². The first-order valence-corrected chi connectivity index (χ1v) is 12.6. The fraction of sp³-hybridized carbons (Fsp3) is 0.600. The van der Waals surface area contributed by atoms with Gasteiger partial charge >= 0.3 is 0 Å². The van der Waals surface area contributed by atoms with E-state index in [4.69, 9.17) is 0 Å². The zero-order chi connectivity index (χ0) is 21.6. The van der Waals surface area contributed by atoms with Crippen LogP contribution in [-0.2, 0) is 9.59 Å². The maximum absolute atomic E-state index is 13.4. The minimum Gasteiger partial charge on any atom is -0.356 e. The number of likely N-dealkylation sites (tertiary alicyclic amines) is 1. The zero-order valence-corrected chi connectivity index (χ0v) is 19.7. The molecule has 6 heteroatoms. The van der Waals surface area contributed by atoms with Gasteiger partial charge in [0.1, 0.15) is 0 Å². The molecule has 3 fully saturated rings. The van der Waals surface area contributed by atoms with Crippen molar-refractivity contribution in [3.8, 4) is 0 Å². The van der Waals surface area contributed by atoms with E-state index < -0.39 is 0 Å². The van der Waals surface area contributed by atoms with Crippen molar-refractivity contribution in [2.24, 2.45) is 35.0 Å². The molecule has 1 aromatic carbocycles. The lowest BCUT2D eigenvalue weighted by molar-refractivity contribution is -0.127. The summed E-state index contributed by atoms with van der Waals surface area (Å²) < 4.78 is 0.996. The van der Waals surface area contributed by atoms with Gasteiger partial charge in [0.2, 0.25) is 11.8 Å². The Bertz CT molecular complexity index is 871. The second-order valence-electron chi connectivity index (χ2n) is 9.81. The Kier molecular flexibility index (Phi) is 5.72. The van der Waals surface area contributed by atoms with Crippen LogP contribution in [0.5, 0.6) is 0 Å². The number of piperidine rings is 1. The molecule has 2 saturated carbocycles. The average Bonchev–Trinajstić information content (AvgIpc) is 3.46. The van der Waals surface area contributed by atoms with Crippen molar-refractivity contribution in [3.05, 3.63) is 40.9 Å². The number of nitrogens with zero attached hydrogens (tertiary/aromatic N) is 1. The van der Waals surface area contributed by atoms with Crippen LogP contribution in [-0.4, -0.2) is 42.9 Å². The maximum atomic E-state index is 13.4. The average molecular weight is 486 g/mol. The Morgan fingerprint density at radius 3 is 2.39 bits per heavy atom. The molecule has 0 unspecified atom stereocenters. The Morgan fingerprint density at radius 2 is 1.74 bits per heavy atom. The quantitative estimate of drug-likeness (QED) is 0.597. The molecule has 5 rings (SSSR count). The lowest BCUT2D eigenvalue weighted by atomic mass is 9.82. The van der Waals surface area contributed by atoms with E-state index in [0.717, 1.165) is 42.6 Å². The number of carbonyl (C=O) groups is 2. The number of anilines is 1. The molecular formula is C25H32BrN3O2. The fourth-order valence-electron chi connectivity index (χ4n) is 6.44. The highest BCUT2D eigenvalue weighted by Gasteiger charge is 2.68. The van der Waals surface area contributed by atoms with Gasteiger partial charge in [0, 0.05) is 22.6 Å². The second kappa shape index (κ2) is 8.36. The monoisotopic (exact) mass is 485 g/mol. The van der Waals surface area contributed by atoms with E-state index in [2.05, 4.69) is 50.5 Å². The summed E-state index contributed by atoms with van der Waals surface area (Å²) in [5.41, 5.74) is 1.11. The SMILES string of the molecule is CCN1CCC(C(=O)NC[C@H]2[C@H](C(=O)Nc3ccc(Br)cc3)[C@@H]3C=C[C@H]2C32CC2)CC1. The van der Waals surface area contributed by atoms with Crippen molar-refractivity contribution < 1.29 is 9.59 Å². The van der Waals surface area contributed by atoms with Crippen molar-refractivity contribution in [2.75, 3.05) is 31.5 Å². The number of carbonyl (C=O) groups excluding carboxylic acids is 2. The third-order valence-electron chi connectivity index (χ3n) is 8.32. The molecule has 31 heavy (non-hydrogen) atoms. The van der Waals surface area contributed by atoms with E-state index in [1.807, 2.05) is 24.3 Å². The van der Waals surface area contributed by atoms with Gasteiger partial charge in [0.25, 0.3) is 0 Å². The third-order valence-corrected chi connectivity index (χ3v) is 8.85. The summed E-state index contributed by atoms with van der Waals surface area (Å²) in [5, 5.41) is 6.40. The minimum atomic E-state index is -0.0663. The predicted octanol–water partition coefficient (Wildman–Crippen LogP) is 4.06. The van der Waals surface area contributed by atoms with Gasteiger partial charge in [-0.05, 0) is 92.8 Å². The highest BCUT2D eigenvalue weighted by molar-refractivity contribution is 9.10. The third kappa shape index (κ3) is 3.86. The number of halogens is 1. The van der Waals surface area contributed by atoms with Gasteiger partial charge in [0.15, 0.2) is 0 Å². The minimum absolute atomic E-state index is 0.0663. The van der Waals surface area contributed by atoms with Gasteiger partial charge in [-0.1, -0.05) is 35.0 Å². The van der Waals surface area contributed by atoms with Crippen LogP contribution in [0.25, 0.3) is 0 Å². The summed E-state index contributed by atoms with van der Waals surface area (Å²) in [5.74, 6) is 1.24. The van der Waals surface area contributed by atoms with Crippen molar-refractivity contribution >= 4 is 33.4 Å². The highest BCUT2D eigenvalue weighted by atomic mass is 79.9. The number of allylic oxidation sites excluding steroid dienone is 2. The first-order valence-electron chi connectivity index (χ1n) is 11.8. The van der Waals surface area contributed by atoms with Gasteiger partial charge in [-0.3, -0.25) is 9.59 Å². The van der Waals surface area contributed by atoms with Crippen LogP contribution in [0.2, 0.25) is 0 Å². The Balaban J connectivity index is 1.25. The molecule has 0 radical (unpaired) electrons. The summed E-state index contributed by atoms with van der Waals surface area (Å²) in [6, 6.07) is 7.75. The lowest BCUT2D eigenvalue weighted by Crippen LogP contribution is -2.44. The van der Waals surface area contributed by atoms with Gasteiger partial charge in [-0.15, -0.1) is 0 Å². The van der Waals surface area contributed by atoms with Gasteiger partial charge in [-0.25, -0.2) is 0 Å². The number of amides is 2. The van der Waals surface area contributed by atoms with Crippen molar-refractivity contribution in [1.29, 1.82) is 0 Å². The molecular weight excluding hydrogens is 454 g/mol. The van der Waals surface area contributed by atoms with Crippen LogP contribution in [0.3, 0.4) is 0 Å². The summed E-state index contributed by atoms with van der Waals surface area (Å²) in [4.78, 5) is 28.6. The molecule has 5 nitrogen and oxygen atoms in total. The van der Waals surface area contributed by atoms with Gasteiger partial charge in [0.05, 0.1) is 5.92 Å². The smallest absolute Gasteiger partial charge is 0.228 e. The normalized spacial score (nSPS) is 31.2. The van der Waals surface area contributed by atoms with Crippen LogP contribution >= 0.6 is 15.9 Å². The number of hydrogen-bond donors (Lipinski definition) is 2. The van der Waals surface area contributed by atoms with E-state index in [1.54, 1.807) is 0 Å². The number of nitrogens with one attached hydrogen (secondary N) is 2. The summed E-state index contributed by atoms with van der Waals surface area (Å²) >= 11 is 3.45. The highest BCUT2D eigenvalue weighted by Crippen LogP contribution is 2.71. The molecule has 166 valence electrons. The first-order chi connectivity index (χ1) is 15.0. The first kappa shape index (κ1) is 21.2. The van der Waals surface area contributed by atoms with Crippen LogP contribution in [0, 0.1) is 35.0 Å². The Hall–Kier alpha value is -1.66. The lowest BCUT2D eigenvalue weighted by Gasteiger charge is -2.31. The van der Waals surface area contributed by atoms with Gasteiger partial charge in [-0.2, -0.15) is 0 Å². The van der Waals surface area contributed by atoms with Gasteiger partial charge < -0.3 is 15.5 Å². The molecule has 1 spiro atoms. The predicted molar refractivity (Wildman–Crippen MR) is 125 cm³/mol. The second-order valence-corrected chi connectivity index (χ2v) is 10.7. The number of benzene rings is 1. The Morgan fingerprint density at radius 1 is 1.06 bits per heavy atom. The Labute approximate surface area is 193 Å². The van der Waals surface area contributed by atoms with Crippen LogP contribution in [0.1, 0.15) is 32.6 Å². The number of hydrogen-bond acceptors (Lipinski definition) is 3. The standard InChI is InChI=1S/C25H32BrN3O2/c1-2-29-13-9-16(10-14-29)23(30)27-15-19-20-7-8-21(25(20)11-12-25)22(19)24(31)28-18-5-3-17(26)4-6-18/h3-8,16,19-22H,2,9-15H2,1H3,(H,27,30)(H,28,31)/t19-,20-,21+,22+/m1/s1. The number of rotatable bonds is 6. The van der Waals surface area contributed by atoms with Crippen LogP contribution in [0.4, 0.5) is 5.69 Å². The molecule has 2 bridgehead atoms. The molecule has 1 aliphatic heterocycles. The summed E-state index contributed by atoms with van der Waals surface area (Å²) in [7, 11) is 0. The van der Waals surface area contributed by atoms with E-state index in [-0.39, 0.29) is 35.0 Å². The van der Waals surface area contributed by atoms with Crippen molar-refractivity contribution in [3.63, 3.8) is 0 Å². The van der Waals surface area contributed by atoms with E-state index >= 15 is 0 Å². The summed E-state index contributed by atoms with van der Waals surface area (Å²) in [6.45, 7) is 5.86. The molecule has 1 heterocycles. The fourth-order valence-corrected chi connectivity index (χ4v) is 6.70. The molecule has 1 saturated heterocycles. The molecule has 3 aliphatic carbocycles. The van der Waals surface area contributed by atoms with Crippen LogP contribution < -0.4 is 10.6 Å². The molecule has 4 aliphatic rings.